The van der Waals surface area contributed by atoms with Crippen molar-refractivity contribution in [2.24, 2.45) is 5.10 Å². The predicted molar refractivity (Wildman–Crippen MR) is 79.9 cm³/mol. The summed E-state index contributed by atoms with van der Waals surface area (Å²) in [6, 6.07) is 2.70. The first kappa shape index (κ1) is 16.4. The molecule has 0 aromatic carbocycles. The molecule has 0 saturated heterocycles. The molecule has 0 bridgehead atoms. The number of nitrogens with zero attached hydrogens (tertiary/aromatic N) is 4. The zero-order chi connectivity index (χ0) is 16.8. The fraction of sp³-hybridized carbons (Fsp3) is 0.308. The second-order valence-corrected chi connectivity index (χ2v) is 4.51. The van der Waals surface area contributed by atoms with Crippen molar-refractivity contribution in [2.75, 3.05) is 13.7 Å². The van der Waals surface area contributed by atoms with Crippen LogP contribution in [0.3, 0.4) is 0 Å². The third-order valence-electron chi connectivity index (χ3n) is 2.75. The monoisotopic (exact) mass is 321 g/mol. The van der Waals surface area contributed by atoms with Crippen LogP contribution in [0.2, 0.25) is 0 Å². The lowest BCUT2D eigenvalue weighted by atomic mass is 10.2. The SMILES string of the molecule is COCCn1cc(/C=N/NC(C)=O)c(-c2ccc([N+](=O)[O-])o2)n1. The van der Waals surface area contributed by atoms with Gasteiger partial charge in [0.15, 0.2) is 5.76 Å². The van der Waals surface area contributed by atoms with Crippen LogP contribution in [0.5, 0.6) is 0 Å². The number of ether oxygens (including phenoxy) is 1. The predicted octanol–water partition coefficient (Wildman–Crippen LogP) is 1.17. The van der Waals surface area contributed by atoms with Gasteiger partial charge in [0, 0.05) is 25.8 Å². The minimum absolute atomic E-state index is 0.233. The fourth-order valence-electron chi connectivity index (χ4n) is 1.77. The molecule has 0 aliphatic carbocycles. The second kappa shape index (κ2) is 7.31. The molecule has 1 N–H and O–H groups in total. The highest BCUT2D eigenvalue weighted by molar-refractivity contribution is 5.88. The lowest BCUT2D eigenvalue weighted by molar-refractivity contribution is -0.401. The Bertz CT molecular complexity index is 733. The molecule has 2 aromatic heterocycles. The van der Waals surface area contributed by atoms with E-state index >= 15 is 0 Å². The molecule has 10 nitrogen and oxygen atoms in total. The molecule has 0 spiro atoms. The maximum Gasteiger partial charge on any atom is 0.433 e. The number of hydrogen-bond donors (Lipinski definition) is 1. The van der Waals surface area contributed by atoms with E-state index in [0.29, 0.717) is 24.4 Å². The molecule has 1 amide bonds. The standard InChI is InChI=1S/C13H15N5O5/c1-9(19)15-14-7-10-8-17(5-6-22-2)16-13(10)11-3-4-12(23-11)18(20)21/h3-4,7-8H,5-6H2,1-2H3,(H,15,19)/b14-7+. The maximum absolute atomic E-state index is 10.9. The van der Waals surface area contributed by atoms with Gasteiger partial charge in [-0.15, -0.1) is 0 Å². The molecule has 122 valence electrons. The first-order valence-corrected chi connectivity index (χ1v) is 6.62. The van der Waals surface area contributed by atoms with E-state index in [0.717, 1.165) is 0 Å². The molecule has 2 rings (SSSR count). The molecular weight excluding hydrogens is 306 g/mol. The van der Waals surface area contributed by atoms with E-state index in [-0.39, 0.29) is 17.6 Å². The lowest BCUT2D eigenvalue weighted by Gasteiger charge is -1.98. The molecule has 0 unspecified atom stereocenters. The summed E-state index contributed by atoms with van der Waals surface area (Å²) < 4.78 is 11.7. The average Bonchev–Trinajstić information content (AvgIpc) is 3.11. The molecule has 2 heterocycles. The van der Waals surface area contributed by atoms with E-state index in [9.17, 15) is 14.9 Å². The van der Waals surface area contributed by atoms with Gasteiger partial charge in [0.1, 0.15) is 10.6 Å². The van der Waals surface area contributed by atoms with Crippen molar-refractivity contribution < 1.29 is 18.9 Å². The van der Waals surface area contributed by atoms with Crippen LogP contribution in [0.4, 0.5) is 5.88 Å². The van der Waals surface area contributed by atoms with Crippen LogP contribution in [0.15, 0.2) is 27.8 Å². The smallest absolute Gasteiger partial charge is 0.399 e. The van der Waals surface area contributed by atoms with E-state index in [1.54, 1.807) is 18.0 Å². The minimum Gasteiger partial charge on any atom is -0.399 e. The van der Waals surface area contributed by atoms with Gasteiger partial charge in [-0.2, -0.15) is 10.2 Å². The average molecular weight is 321 g/mol. The number of hydrogen-bond acceptors (Lipinski definition) is 7. The number of nitrogens with one attached hydrogen (secondary N) is 1. The minimum atomic E-state index is -0.628. The number of furan rings is 1. The molecule has 0 atom stereocenters. The number of rotatable bonds is 7. The van der Waals surface area contributed by atoms with Crippen molar-refractivity contribution in [3.8, 4) is 11.5 Å². The Morgan fingerprint density at radius 1 is 1.61 bits per heavy atom. The molecule has 0 fully saturated rings. The molecule has 2 aromatic rings. The maximum atomic E-state index is 10.9. The van der Waals surface area contributed by atoms with Crippen molar-refractivity contribution in [2.45, 2.75) is 13.5 Å². The number of carbonyl (C=O) groups is 1. The fourth-order valence-corrected chi connectivity index (χ4v) is 1.77. The first-order chi connectivity index (χ1) is 11.0. The van der Waals surface area contributed by atoms with Gasteiger partial charge < -0.3 is 9.15 Å². The van der Waals surface area contributed by atoms with Crippen LogP contribution in [-0.4, -0.2) is 40.5 Å². The van der Waals surface area contributed by atoms with Gasteiger partial charge in [-0.3, -0.25) is 19.6 Å². The van der Waals surface area contributed by atoms with Crippen molar-refractivity contribution in [1.82, 2.24) is 15.2 Å². The molecule has 10 heteroatoms. The van der Waals surface area contributed by atoms with Gasteiger partial charge in [-0.1, -0.05) is 0 Å². The van der Waals surface area contributed by atoms with Gasteiger partial charge in [-0.25, -0.2) is 5.43 Å². The summed E-state index contributed by atoms with van der Waals surface area (Å²) in [6.45, 7) is 2.26. The van der Waals surface area contributed by atoms with Crippen molar-refractivity contribution in [3.63, 3.8) is 0 Å². The molecule has 0 saturated carbocycles. The van der Waals surface area contributed by atoms with E-state index < -0.39 is 4.92 Å². The van der Waals surface area contributed by atoms with E-state index in [4.69, 9.17) is 9.15 Å². The Kier molecular flexibility index (Phi) is 5.20. The quantitative estimate of drug-likeness (QED) is 0.463. The summed E-state index contributed by atoms with van der Waals surface area (Å²) in [4.78, 5) is 20.9. The molecule has 0 aliphatic heterocycles. The Morgan fingerprint density at radius 2 is 2.39 bits per heavy atom. The van der Waals surface area contributed by atoms with Crippen LogP contribution in [0.25, 0.3) is 11.5 Å². The van der Waals surface area contributed by atoms with Crippen LogP contribution >= 0.6 is 0 Å². The van der Waals surface area contributed by atoms with Gasteiger partial charge in [0.2, 0.25) is 5.91 Å². The zero-order valence-corrected chi connectivity index (χ0v) is 12.6. The molecule has 0 aliphatic rings. The van der Waals surface area contributed by atoms with Gasteiger partial charge in [-0.05, 0) is 6.07 Å². The Balaban J connectivity index is 2.33. The Morgan fingerprint density at radius 3 is 3.00 bits per heavy atom. The van der Waals surface area contributed by atoms with E-state index in [2.05, 4.69) is 15.6 Å². The van der Waals surface area contributed by atoms with Gasteiger partial charge in [0.25, 0.3) is 0 Å². The highest BCUT2D eigenvalue weighted by Crippen LogP contribution is 2.26. The summed E-state index contributed by atoms with van der Waals surface area (Å²) in [7, 11) is 1.57. The van der Waals surface area contributed by atoms with Crippen LogP contribution in [0, 0.1) is 10.1 Å². The summed E-state index contributed by atoms with van der Waals surface area (Å²) in [5.74, 6) is -0.462. The summed E-state index contributed by atoms with van der Waals surface area (Å²) in [5, 5.41) is 18.8. The Labute approximate surface area is 130 Å². The van der Waals surface area contributed by atoms with Crippen molar-refractivity contribution in [1.29, 1.82) is 0 Å². The number of methoxy groups -OCH3 is 1. The number of hydrazone groups is 1. The third kappa shape index (κ3) is 4.23. The molecule has 0 radical (unpaired) electrons. The van der Waals surface area contributed by atoms with E-state index in [1.807, 2.05) is 0 Å². The van der Waals surface area contributed by atoms with Crippen LogP contribution in [-0.2, 0) is 16.1 Å². The number of carbonyl (C=O) groups excluding carboxylic acids is 1. The van der Waals surface area contributed by atoms with Crippen LogP contribution in [0.1, 0.15) is 12.5 Å². The van der Waals surface area contributed by atoms with E-state index in [1.165, 1.54) is 25.3 Å². The largest absolute Gasteiger partial charge is 0.433 e. The number of aromatic nitrogens is 2. The highest BCUT2D eigenvalue weighted by Gasteiger charge is 2.18. The second-order valence-electron chi connectivity index (χ2n) is 4.51. The highest BCUT2D eigenvalue weighted by atomic mass is 16.6. The normalized spacial score (nSPS) is 11.0. The topological polar surface area (TPSA) is 125 Å². The number of amides is 1. The molecule has 23 heavy (non-hydrogen) atoms. The van der Waals surface area contributed by atoms with Crippen molar-refractivity contribution in [3.05, 3.63) is 34.0 Å². The summed E-state index contributed by atoms with van der Waals surface area (Å²) in [6.07, 6.45) is 3.06. The Hall–Kier alpha value is -3.01. The third-order valence-corrected chi connectivity index (χ3v) is 2.75. The lowest BCUT2D eigenvalue weighted by Crippen LogP contribution is -2.12. The van der Waals surface area contributed by atoms with Gasteiger partial charge in [0.05, 0.1) is 25.4 Å². The van der Waals surface area contributed by atoms with Gasteiger partial charge >= 0.3 is 5.88 Å². The number of nitro groups is 1. The first-order valence-electron chi connectivity index (χ1n) is 6.62. The van der Waals surface area contributed by atoms with Crippen molar-refractivity contribution >= 4 is 18.0 Å². The summed E-state index contributed by atoms with van der Waals surface area (Å²) in [5.41, 5.74) is 3.20. The molecular formula is C13H15N5O5. The zero-order valence-electron chi connectivity index (χ0n) is 12.6. The van der Waals surface area contributed by atoms with Crippen LogP contribution < -0.4 is 5.43 Å². The summed E-state index contributed by atoms with van der Waals surface area (Å²) >= 11 is 0.